The van der Waals surface area contributed by atoms with Gasteiger partial charge in [0.05, 0.1) is 16.7 Å². The fraction of sp³-hybridized carbons (Fsp3) is 0.200. The molecule has 0 aliphatic carbocycles. The molecule has 1 rings (SSSR count). The van der Waals surface area contributed by atoms with Crippen molar-refractivity contribution in [3.05, 3.63) is 34.4 Å². The lowest BCUT2D eigenvalue weighted by molar-refractivity contribution is -0.138. The van der Waals surface area contributed by atoms with Crippen LogP contribution in [-0.4, -0.2) is 5.24 Å². The first-order chi connectivity index (χ1) is 7.29. The molecule has 0 unspecified atom stereocenters. The van der Waals surface area contributed by atoms with Gasteiger partial charge >= 0.3 is 6.18 Å². The molecule has 0 aliphatic heterocycles. The Bertz CT molecular complexity index is 488. The molecule has 0 heterocycles. The molecule has 0 aliphatic rings. The van der Waals surface area contributed by atoms with Gasteiger partial charge in [-0.15, -0.1) is 0 Å². The summed E-state index contributed by atoms with van der Waals surface area (Å²) in [5, 5.41) is 7.76. The van der Waals surface area contributed by atoms with E-state index in [1.54, 1.807) is 6.07 Å². The Labute approximate surface area is 94.2 Å². The molecule has 0 atom stereocenters. The van der Waals surface area contributed by atoms with Gasteiger partial charge in [-0.05, 0) is 36.2 Å². The summed E-state index contributed by atoms with van der Waals surface area (Å²) < 4.78 is 37.4. The molecule has 2 nitrogen and oxygen atoms in total. The molecular formula is C10H5ClF3NO. The standard InChI is InChI=1S/C10H5ClF3NO/c1-5-7(4-15)6(9(11)16)2-3-8(5)10(12,13)14/h2-3H,1H3. The number of hydrogen-bond acceptors (Lipinski definition) is 2. The van der Waals surface area contributed by atoms with Gasteiger partial charge < -0.3 is 0 Å². The van der Waals surface area contributed by atoms with Crippen LogP contribution in [-0.2, 0) is 6.18 Å². The van der Waals surface area contributed by atoms with E-state index in [9.17, 15) is 18.0 Å². The third-order valence-corrected chi connectivity index (χ3v) is 2.30. The molecule has 0 saturated heterocycles. The SMILES string of the molecule is Cc1c(C(F)(F)F)ccc(C(=O)Cl)c1C#N. The molecule has 6 heteroatoms. The van der Waals surface area contributed by atoms with Crippen molar-refractivity contribution >= 4 is 16.8 Å². The van der Waals surface area contributed by atoms with Gasteiger partial charge in [-0.25, -0.2) is 0 Å². The minimum atomic E-state index is -4.55. The molecule has 0 radical (unpaired) electrons. The van der Waals surface area contributed by atoms with Gasteiger partial charge in [0.15, 0.2) is 0 Å². The highest BCUT2D eigenvalue weighted by atomic mass is 35.5. The number of halogens is 4. The molecule has 1 aromatic rings. The quantitative estimate of drug-likeness (QED) is 0.715. The van der Waals surface area contributed by atoms with Crippen molar-refractivity contribution in [2.45, 2.75) is 13.1 Å². The second-order valence-electron chi connectivity index (χ2n) is 3.04. The van der Waals surface area contributed by atoms with Crippen LogP contribution in [0.2, 0.25) is 0 Å². The summed E-state index contributed by atoms with van der Waals surface area (Å²) in [5.41, 5.74) is -1.78. The number of nitrogens with zero attached hydrogens (tertiary/aromatic N) is 1. The number of carbonyl (C=O) groups excluding carboxylic acids is 1. The zero-order valence-electron chi connectivity index (χ0n) is 8.02. The van der Waals surface area contributed by atoms with Crippen molar-refractivity contribution in [1.29, 1.82) is 5.26 Å². The highest BCUT2D eigenvalue weighted by molar-refractivity contribution is 6.68. The molecule has 84 valence electrons. The Balaban J connectivity index is 3.55. The first-order valence-electron chi connectivity index (χ1n) is 4.09. The van der Waals surface area contributed by atoms with E-state index in [1.165, 1.54) is 0 Å². The normalized spacial score (nSPS) is 11.0. The largest absolute Gasteiger partial charge is 0.416 e. The smallest absolute Gasteiger partial charge is 0.276 e. The molecule has 0 N–H and O–H groups in total. The minimum Gasteiger partial charge on any atom is -0.276 e. The zero-order valence-corrected chi connectivity index (χ0v) is 8.78. The highest BCUT2D eigenvalue weighted by Gasteiger charge is 2.34. The molecular weight excluding hydrogens is 243 g/mol. The zero-order chi connectivity index (χ0) is 12.5. The summed E-state index contributed by atoms with van der Waals surface area (Å²) in [7, 11) is 0. The summed E-state index contributed by atoms with van der Waals surface area (Å²) in [6, 6.07) is 3.20. The molecule has 0 aromatic heterocycles. The van der Waals surface area contributed by atoms with E-state index in [-0.39, 0.29) is 16.7 Å². The van der Waals surface area contributed by atoms with E-state index in [0.717, 1.165) is 19.1 Å². The lowest BCUT2D eigenvalue weighted by atomic mass is 9.98. The average molecular weight is 248 g/mol. The van der Waals surface area contributed by atoms with E-state index in [1.807, 2.05) is 0 Å². The third-order valence-electron chi connectivity index (χ3n) is 2.09. The number of alkyl halides is 3. The maximum absolute atomic E-state index is 12.5. The number of benzene rings is 1. The monoisotopic (exact) mass is 247 g/mol. The van der Waals surface area contributed by atoms with Crippen LogP contribution >= 0.6 is 11.6 Å². The first-order valence-corrected chi connectivity index (χ1v) is 4.47. The Morgan fingerprint density at radius 2 is 2.00 bits per heavy atom. The van der Waals surface area contributed by atoms with Crippen molar-refractivity contribution in [1.82, 2.24) is 0 Å². The second-order valence-corrected chi connectivity index (χ2v) is 3.39. The maximum atomic E-state index is 12.5. The molecule has 0 bridgehead atoms. The molecule has 16 heavy (non-hydrogen) atoms. The van der Waals surface area contributed by atoms with Crippen LogP contribution in [0.3, 0.4) is 0 Å². The van der Waals surface area contributed by atoms with Crippen molar-refractivity contribution in [3.63, 3.8) is 0 Å². The minimum absolute atomic E-state index is 0.213. The Morgan fingerprint density at radius 3 is 2.38 bits per heavy atom. The molecule has 0 saturated carbocycles. The molecule has 0 spiro atoms. The number of hydrogen-bond donors (Lipinski definition) is 0. The molecule has 1 aromatic carbocycles. The van der Waals surface area contributed by atoms with Crippen LogP contribution in [0.4, 0.5) is 13.2 Å². The Morgan fingerprint density at radius 1 is 1.44 bits per heavy atom. The average Bonchev–Trinajstić information content (AvgIpc) is 2.14. The number of carbonyl (C=O) groups is 1. The predicted octanol–water partition coefficient (Wildman–Crippen LogP) is 3.26. The van der Waals surface area contributed by atoms with E-state index in [4.69, 9.17) is 16.9 Å². The maximum Gasteiger partial charge on any atom is 0.416 e. The topological polar surface area (TPSA) is 40.9 Å². The van der Waals surface area contributed by atoms with Crippen molar-refractivity contribution < 1.29 is 18.0 Å². The van der Waals surface area contributed by atoms with Gasteiger partial charge in [-0.3, -0.25) is 4.79 Å². The Kier molecular flexibility index (Phi) is 3.24. The van der Waals surface area contributed by atoms with E-state index < -0.39 is 17.0 Å². The van der Waals surface area contributed by atoms with Gasteiger partial charge in [-0.2, -0.15) is 18.4 Å². The second kappa shape index (κ2) is 4.14. The highest BCUT2D eigenvalue weighted by Crippen LogP contribution is 2.34. The predicted molar refractivity (Wildman–Crippen MR) is 51.1 cm³/mol. The fourth-order valence-corrected chi connectivity index (χ4v) is 1.48. The van der Waals surface area contributed by atoms with Crippen LogP contribution in [0.25, 0.3) is 0 Å². The van der Waals surface area contributed by atoms with Crippen LogP contribution < -0.4 is 0 Å². The Hall–Kier alpha value is -1.54. The lowest BCUT2D eigenvalue weighted by Gasteiger charge is -2.12. The summed E-state index contributed by atoms with van der Waals surface area (Å²) >= 11 is 5.15. The van der Waals surface area contributed by atoms with Crippen LogP contribution in [0.1, 0.15) is 27.0 Å². The van der Waals surface area contributed by atoms with E-state index >= 15 is 0 Å². The van der Waals surface area contributed by atoms with Crippen molar-refractivity contribution in [3.8, 4) is 6.07 Å². The van der Waals surface area contributed by atoms with Gasteiger partial charge in [0.2, 0.25) is 0 Å². The molecule has 0 amide bonds. The summed E-state index contributed by atoms with van der Waals surface area (Å²) in [5.74, 6) is 0. The summed E-state index contributed by atoms with van der Waals surface area (Å²) in [6.45, 7) is 1.13. The molecule has 0 fully saturated rings. The van der Waals surface area contributed by atoms with Crippen molar-refractivity contribution in [2.24, 2.45) is 0 Å². The fourth-order valence-electron chi connectivity index (χ4n) is 1.33. The van der Waals surface area contributed by atoms with E-state index in [2.05, 4.69) is 0 Å². The van der Waals surface area contributed by atoms with Gasteiger partial charge in [0.25, 0.3) is 5.24 Å². The van der Waals surface area contributed by atoms with Gasteiger partial charge in [-0.1, -0.05) is 0 Å². The van der Waals surface area contributed by atoms with Gasteiger partial charge in [0, 0.05) is 0 Å². The third kappa shape index (κ3) is 2.17. The number of nitriles is 1. The summed E-state index contributed by atoms with van der Waals surface area (Å²) in [6.07, 6.45) is -4.55. The van der Waals surface area contributed by atoms with Crippen LogP contribution in [0.5, 0.6) is 0 Å². The van der Waals surface area contributed by atoms with Crippen molar-refractivity contribution in [2.75, 3.05) is 0 Å². The van der Waals surface area contributed by atoms with Crippen LogP contribution in [0.15, 0.2) is 12.1 Å². The lowest BCUT2D eigenvalue weighted by Crippen LogP contribution is -2.10. The first kappa shape index (κ1) is 12.5. The number of rotatable bonds is 1. The van der Waals surface area contributed by atoms with Gasteiger partial charge in [0.1, 0.15) is 6.07 Å². The van der Waals surface area contributed by atoms with Crippen LogP contribution in [0, 0.1) is 18.3 Å². The summed E-state index contributed by atoms with van der Waals surface area (Å²) in [4.78, 5) is 10.9. The van der Waals surface area contributed by atoms with E-state index in [0.29, 0.717) is 0 Å².